The normalized spacial score (nSPS) is 10.6. The lowest BCUT2D eigenvalue weighted by molar-refractivity contribution is 0.0533. The van der Waals surface area contributed by atoms with Gasteiger partial charge in [-0.3, -0.25) is 9.36 Å². The van der Waals surface area contributed by atoms with Crippen LogP contribution in [0.15, 0.2) is 65.5 Å². The molecule has 154 valence electrons. The minimum atomic E-state index is -0.543. The van der Waals surface area contributed by atoms with Crippen molar-refractivity contribution >= 4 is 38.9 Å². The molecule has 0 fully saturated rings. The molecular weight excluding hydrogens is 417 g/mol. The number of nitrogens with zero attached hydrogens (tertiary/aromatic N) is 2. The van der Waals surface area contributed by atoms with Crippen LogP contribution in [0.2, 0.25) is 0 Å². The number of hydrogen-bond acceptors (Lipinski definition) is 6. The zero-order chi connectivity index (χ0) is 22.0. The number of nitriles is 1. The molecular formula is C23H16FN3O3S. The van der Waals surface area contributed by atoms with Gasteiger partial charge in [-0.2, -0.15) is 5.26 Å². The lowest BCUT2D eigenvalue weighted by Gasteiger charge is -2.10. The zero-order valence-corrected chi connectivity index (χ0v) is 17.2. The fourth-order valence-corrected chi connectivity index (χ4v) is 4.37. The maximum Gasteiger partial charge on any atom is 0.350 e. The Labute approximate surface area is 180 Å². The number of pyridine rings is 1. The van der Waals surface area contributed by atoms with Crippen LogP contribution in [0.4, 0.5) is 15.8 Å². The summed E-state index contributed by atoms with van der Waals surface area (Å²) in [4.78, 5) is 26.2. The van der Waals surface area contributed by atoms with Crippen LogP contribution in [0.5, 0.6) is 0 Å². The molecule has 2 heterocycles. The summed E-state index contributed by atoms with van der Waals surface area (Å²) in [5, 5.41) is 13.2. The minimum absolute atomic E-state index is 0.187. The zero-order valence-electron chi connectivity index (χ0n) is 16.4. The third-order valence-electron chi connectivity index (χ3n) is 4.59. The average molecular weight is 433 g/mol. The summed E-state index contributed by atoms with van der Waals surface area (Å²) < 4.78 is 20.0. The standard InChI is InChI=1S/C23H16FN3O3S/c1-2-30-23(29)21-20(26-18-6-4-3-5-14(18)13-25)17-11-12-19(28)27(22(17)31-21)16-9-7-15(24)8-10-16/h3-12,26H,2H2,1H3. The van der Waals surface area contributed by atoms with Gasteiger partial charge >= 0.3 is 5.97 Å². The minimum Gasteiger partial charge on any atom is -0.462 e. The molecule has 0 radical (unpaired) electrons. The molecule has 31 heavy (non-hydrogen) atoms. The molecule has 0 saturated carbocycles. The van der Waals surface area contributed by atoms with Crippen molar-refractivity contribution in [2.45, 2.75) is 6.92 Å². The fourth-order valence-electron chi connectivity index (χ4n) is 3.21. The van der Waals surface area contributed by atoms with Crippen molar-refractivity contribution in [2.75, 3.05) is 11.9 Å². The van der Waals surface area contributed by atoms with Crippen molar-refractivity contribution in [2.24, 2.45) is 0 Å². The number of carbonyl (C=O) groups is 1. The van der Waals surface area contributed by atoms with E-state index in [1.54, 1.807) is 37.3 Å². The highest BCUT2D eigenvalue weighted by atomic mass is 32.1. The van der Waals surface area contributed by atoms with Crippen LogP contribution in [0.1, 0.15) is 22.2 Å². The van der Waals surface area contributed by atoms with Crippen LogP contribution >= 0.6 is 11.3 Å². The Morgan fingerprint density at radius 3 is 2.61 bits per heavy atom. The molecule has 0 amide bonds. The van der Waals surface area contributed by atoms with Gasteiger partial charge in [0.25, 0.3) is 5.56 Å². The van der Waals surface area contributed by atoms with Gasteiger partial charge in [-0.15, -0.1) is 11.3 Å². The highest BCUT2D eigenvalue weighted by molar-refractivity contribution is 7.21. The maximum atomic E-state index is 13.4. The Bertz CT molecular complexity index is 1380. The van der Waals surface area contributed by atoms with Crippen LogP contribution in [-0.2, 0) is 4.74 Å². The van der Waals surface area contributed by atoms with E-state index in [1.165, 1.54) is 34.9 Å². The third kappa shape index (κ3) is 3.79. The van der Waals surface area contributed by atoms with Crippen molar-refractivity contribution in [3.8, 4) is 11.8 Å². The number of para-hydroxylation sites is 1. The highest BCUT2D eigenvalue weighted by Crippen LogP contribution is 2.38. The number of carbonyl (C=O) groups excluding carboxylic acids is 1. The van der Waals surface area contributed by atoms with Gasteiger partial charge < -0.3 is 10.1 Å². The van der Waals surface area contributed by atoms with Crippen molar-refractivity contribution in [1.82, 2.24) is 4.57 Å². The molecule has 1 N–H and O–H groups in total. The van der Waals surface area contributed by atoms with Gasteiger partial charge in [0.15, 0.2) is 0 Å². The quantitative estimate of drug-likeness (QED) is 0.449. The van der Waals surface area contributed by atoms with Crippen molar-refractivity contribution in [3.05, 3.63) is 87.3 Å². The second kappa shape index (κ2) is 8.42. The molecule has 6 nitrogen and oxygen atoms in total. The van der Waals surface area contributed by atoms with Gasteiger partial charge in [-0.05, 0) is 49.4 Å². The Hall–Kier alpha value is -3.96. The first-order valence-corrected chi connectivity index (χ1v) is 10.2. The SMILES string of the molecule is CCOC(=O)c1sc2c(ccc(=O)n2-c2ccc(F)cc2)c1Nc1ccccc1C#N. The smallest absolute Gasteiger partial charge is 0.350 e. The topological polar surface area (TPSA) is 84.1 Å². The number of anilines is 2. The molecule has 2 aromatic heterocycles. The lowest BCUT2D eigenvalue weighted by Crippen LogP contribution is -2.16. The summed E-state index contributed by atoms with van der Waals surface area (Å²) in [5.41, 5.74) is 1.52. The van der Waals surface area contributed by atoms with E-state index in [1.807, 2.05) is 0 Å². The summed E-state index contributed by atoms with van der Waals surface area (Å²) in [5.74, 6) is -0.962. The van der Waals surface area contributed by atoms with Gasteiger partial charge in [0.2, 0.25) is 0 Å². The van der Waals surface area contributed by atoms with Crippen LogP contribution in [0, 0.1) is 17.1 Å². The second-order valence-corrected chi connectivity index (χ2v) is 7.51. The number of halogens is 1. The monoisotopic (exact) mass is 433 g/mol. The van der Waals surface area contributed by atoms with Crippen LogP contribution in [-0.4, -0.2) is 17.1 Å². The molecule has 0 atom stereocenters. The number of thiophene rings is 1. The number of fused-ring (bicyclic) bond motifs is 1. The first kappa shape index (κ1) is 20.3. The average Bonchev–Trinajstić information content (AvgIpc) is 3.13. The number of rotatable bonds is 5. The molecule has 0 saturated heterocycles. The predicted octanol–water partition coefficient (Wildman–Crippen LogP) is 4.98. The van der Waals surface area contributed by atoms with E-state index < -0.39 is 11.8 Å². The second-order valence-electron chi connectivity index (χ2n) is 6.51. The molecule has 4 aromatic rings. The summed E-state index contributed by atoms with van der Waals surface area (Å²) in [6.07, 6.45) is 0. The van der Waals surface area contributed by atoms with E-state index in [0.29, 0.717) is 32.8 Å². The number of nitrogens with one attached hydrogen (secondary N) is 1. The van der Waals surface area contributed by atoms with Crippen LogP contribution in [0.3, 0.4) is 0 Å². The van der Waals surface area contributed by atoms with Gasteiger partial charge in [-0.1, -0.05) is 12.1 Å². The van der Waals surface area contributed by atoms with E-state index in [9.17, 15) is 19.2 Å². The number of esters is 1. The molecule has 0 aliphatic heterocycles. The molecule has 0 aliphatic rings. The van der Waals surface area contributed by atoms with Crippen LogP contribution in [0.25, 0.3) is 15.9 Å². The Morgan fingerprint density at radius 2 is 1.90 bits per heavy atom. The number of hydrogen-bond donors (Lipinski definition) is 1. The molecule has 0 unspecified atom stereocenters. The first-order valence-electron chi connectivity index (χ1n) is 9.41. The third-order valence-corrected chi connectivity index (χ3v) is 5.77. The Balaban J connectivity index is 1.98. The fraction of sp³-hybridized carbons (Fsp3) is 0.0870. The van der Waals surface area contributed by atoms with Gasteiger partial charge in [0.1, 0.15) is 21.6 Å². The van der Waals surface area contributed by atoms with E-state index >= 15 is 0 Å². The summed E-state index contributed by atoms with van der Waals surface area (Å²) in [6, 6.07) is 17.6. The number of benzene rings is 2. The lowest BCUT2D eigenvalue weighted by atomic mass is 10.1. The summed E-state index contributed by atoms with van der Waals surface area (Å²) in [7, 11) is 0. The van der Waals surface area contributed by atoms with Gasteiger partial charge in [0, 0.05) is 11.5 Å². The molecule has 2 aromatic carbocycles. The Morgan fingerprint density at radius 1 is 1.16 bits per heavy atom. The van der Waals surface area contributed by atoms with Crippen molar-refractivity contribution < 1.29 is 13.9 Å². The van der Waals surface area contributed by atoms with Gasteiger partial charge in [-0.25, -0.2) is 9.18 Å². The van der Waals surface area contributed by atoms with E-state index in [0.717, 1.165) is 11.3 Å². The van der Waals surface area contributed by atoms with E-state index in [-0.39, 0.29) is 17.0 Å². The molecule has 0 bridgehead atoms. The molecule has 0 spiro atoms. The van der Waals surface area contributed by atoms with Crippen molar-refractivity contribution in [3.63, 3.8) is 0 Å². The predicted molar refractivity (Wildman–Crippen MR) is 118 cm³/mol. The van der Waals surface area contributed by atoms with E-state index in [4.69, 9.17) is 4.74 Å². The van der Waals surface area contributed by atoms with Crippen LogP contribution < -0.4 is 10.9 Å². The van der Waals surface area contributed by atoms with Crippen molar-refractivity contribution in [1.29, 1.82) is 5.26 Å². The maximum absolute atomic E-state index is 13.4. The van der Waals surface area contributed by atoms with Gasteiger partial charge in [0.05, 0.1) is 29.2 Å². The Kier molecular flexibility index (Phi) is 5.52. The van der Waals surface area contributed by atoms with E-state index in [2.05, 4.69) is 11.4 Å². The summed E-state index contributed by atoms with van der Waals surface area (Å²) in [6.45, 7) is 1.89. The molecule has 0 aliphatic carbocycles. The number of ether oxygens (including phenoxy) is 1. The highest BCUT2D eigenvalue weighted by Gasteiger charge is 2.23. The number of aromatic nitrogens is 1. The molecule has 4 rings (SSSR count). The largest absolute Gasteiger partial charge is 0.462 e. The molecule has 8 heteroatoms. The first-order chi connectivity index (χ1) is 15.0. The summed E-state index contributed by atoms with van der Waals surface area (Å²) >= 11 is 1.09.